The van der Waals surface area contributed by atoms with E-state index in [1.165, 1.54) is 12.1 Å². The van der Waals surface area contributed by atoms with Crippen LogP contribution in [0.15, 0.2) is 39.3 Å². The maximum Gasteiger partial charge on any atom is 0.255 e. The van der Waals surface area contributed by atoms with Crippen molar-refractivity contribution in [1.29, 1.82) is 0 Å². The molecule has 104 valence electrons. The molecule has 0 aliphatic heterocycles. The monoisotopic (exact) mass is 404 g/mol. The summed E-state index contributed by atoms with van der Waals surface area (Å²) in [5.74, 6) is -2.00. The van der Waals surface area contributed by atoms with Crippen LogP contribution in [-0.2, 0) is 0 Å². The Balaban J connectivity index is 2.30. The molecule has 0 unspecified atom stereocenters. The zero-order valence-electron chi connectivity index (χ0n) is 9.88. The fourth-order valence-corrected chi connectivity index (χ4v) is 2.38. The summed E-state index contributed by atoms with van der Waals surface area (Å²) in [5, 5.41) is 2.30. The van der Waals surface area contributed by atoms with Gasteiger partial charge in [0.05, 0.1) is 10.2 Å². The van der Waals surface area contributed by atoms with Gasteiger partial charge in [0.2, 0.25) is 0 Å². The fourth-order valence-electron chi connectivity index (χ4n) is 1.56. The molecule has 2 aromatic carbocycles. The third kappa shape index (κ3) is 3.34. The second kappa shape index (κ2) is 5.88. The predicted octanol–water partition coefficient (Wildman–Crippen LogP) is 4.32. The third-order valence-electron chi connectivity index (χ3n) is 2.44. The average Bonchev–Trinajstić information content (AvgIpc) is 2.34. The third-order valence-corrected chi connectivity index (χ3v) is 3.51. The number of carbonyl (C=O) groups is 1. The van der Waals surface area contributed by atoms with Gasteiger partial charge in [0, 0.05) is 21.8 Å². The number of rotatable bonds is 2. The molecule has 0 radical (unpaired) electrons. The molecule has 3 nitrogen and oxygen atoms in total. The van der Waals surface area contributed by atoms with E-state index >= 15 is 0 Å². The first kappa shape index (κ1) is 14.9. The molecule has 2 aromatic rings. The topological polar surface area (TPSA) is 55.1 Å². The summed E-state index contributed by atoms with van der Waals surface area (Å²) in [5.41, 5.74) is 5.99. The lowest BCUT2D eigenvalue weighted by molar-refractivity contribution is 0.102. The van der Waals surface area contributed by atoms with Gasteiger partial charge in [-0.15, -0.1) is 0 Å². The van der Waals surface area contributed by atoms with Crippen LogP contribution in [0.5, 0.6) is 0 Å². The highest BCUT2D eigenvalue weighted by molar-refractivity contribution is 9.10. The van der Waals surface area contributed by atoms with Gasteiger partial charge in [-0.1, -0.05) is 15.9 Å². The zero-order valence-corrected chi connectivity index (χ0v) is 13.1. The second-order valence-corrected chi connectivity index (χ2v) is 5.74. The van der Waals surface area contributed by atoms with E-state index in [-0.39, 0.29) is 15.7 Å². The number of carbonyl (C=O) groups excluding carboxylic acids is 1. The first-order chi connectivity index (χ1) is 9.36. The van der Waals surface area contributed by atoms with Crippen molar-refractivity contribution in [3.63, 3.8) is 0 Å². The molecule has 0 saturated heterocycles. The molecule has 0 spiro atoms. The number of nitrogens with one attached hydrogen (secondary N) is 1. The number of nitrogen functional groups attached to an aromatic ring is 1. The minimum atomic E-state index is -0.741. The molecular formula is C13H8Br2F2N2O. The summed E-state index contributed by atoms with van der Waals surface area (Å²) >= 11 is 6.06. The second-order valence-electron chi connectivity index (χ2n) is 3.97. The fraction of sp³-hybridized carbons (Fsp3) is 0. The molecule has 2 rings (SSSR count). The van der Waals surface area contributed by atoms with Gasteiger partial charge in [-0.3, -0.25) is 4.79 Å². The Morgan fingerprint density at radius 1 is 1.05 bits per heavy atom. The van der Waals surface area contributed by atoms with Crippen LogP contribution in [0, 0.1) is 11.6 Å². The Kier molecular flexibility index (Phi) is 4.39. The van der Waals surface area contributed by atoms with Crippen LogP contribution in [-0.4, -0.2) is 5.91 Å². The van der Waals surface area contributed by atoms with Crippen LogP contribution in [0.3, 0.4) is 0 Å². The van der Waals surface area contributed by atoms with E-state index in [2.05, 4.69) is 37.2 Å². The van der Waals surface area contributed by atoms with Gasteiger partial charge >= 0.3 is 0 Å². The molecule has 3 N–H and O–H groups in total. The van der Waals surface area contributed by atoms with Crippen molar-refractivity contribution in [1.82, 2.24) is 0 Å². The lowest BCUT2D eigenvalue weighted by atomic mass is 10.2. The smallest absolute Gasteiger partial charge is 0.255 e. The predicted molar refractivity (Wildman–Crippen MR) is 80.6 cm³/mol. The number of halogens is 4. The lowest BCUT2D eigenvalue weighted by Crippen LogP contribution is -2.13. The van der Waals surface area contributed by atoms with Crippen LogP contribution in [0.2, 0.25) is 0 Å². The summed E-state index contributed by atoms with van der Waals surface area (Å²) in [6.45, 7) is 0. The number of amides is 1. The summed E-state index contributed by atoms with van der Waals surface area (Å²) in [4.78, 5) is 12.0. The highest BCUT2D eigenvalue weighted by Crippen LogP contribution is 2.24. The maximum absolute atomic E-state index is 13.6. The molecule has 0 heterocycles. The Morgan fingerprint density at radius 2 is 1.75 bits per heavy atom. The van der Waals surface area contributed by atoms with Crippen LogP contribution in [0.25, 0.3) is 0 Å². The SMILES string of the molecule is Nc1cc(Br)cc(C(=O)Nc2cc(F)c(Br)cc2F)c1. The van der Waals surface area contributed by atoms with E-state index in [4.69, 9.17) is 5.73 Å². The van der Waals surface area contributed by atoms with Crippen LogP contribution in [0.1, 0.15) is 10.4 Å². The minimum Gasteiger partial charge on any atom is -0.399 e. The molecule has 0 aliphatic carbocycles. The summed E-state index contributed by atoms with van der Waals surface area (Å²) in [6.07, 6.45) is 0. The summed E-state index contributed by atoms with van der Waals surface area (Å²) in [7, 11) is 0. The van der Waals surface area contributed by atoms with Gasteiger partial charge in [0.1, 0.15) is 11.6 Å². The normalized spacial score (nSPS) is 10.4. The summed E-state index contributed by atoms with van der Waals surface area (Å²) in [6, 6.07) is 6.43. The van der Waals surface area contributed by atoms with Crippen molar-refractivity contribution in [2.24, 2.45) is 0 Å². The Hall–Kier alpha value is -1.47. The molecule has 1 amide bonds. The quantitative estimate of drug-likeness (QED) is 0.577. The van der Waals surface area contributed by atoms with Gasteiger partial charge in [-0.25, -0.2) is 8.78 Å². The number of nitrogens with two attached hydrogens (primary N) is 1. The van der Waals surface area contributed by atoms with Gasteiger partial charge in [-0.2, -0.15) is 0 Å². The van der Waals surface area contributed by atoms with Crippen molar-refractivity contribution in [3.05, 3.63) is 56.5 Å². The van der Waals surface area contributed by atoms with Gasteiger partial charge in [-0.05, 0) is 40.2 Å². The standard InChI is InChI=1S/C13H8Br2F2N2O/c14-7-1-6(2-8(18)3-7)13(20)19-12-5-10(16)9(15)4-11(12)17/h1-5H,18H2,(H,19,20). The van der Waals surface area contributed by atoms with E-state index in [9.17, 15) is 13.6 Å². The zero-order chi connectivity index (χ0) is 14.9. The van der Waals surface area contributed by atoms with E-state index in [0.29, 0.717) is 10.2 Å². The molecule has 20 heavy (non-hydrogen) atoms. The maximum atomic E-state index is 13.6. The molecule has 0 fully saturated rings. The number of benzene rings is 2. The highest BCUT2D eigenvalue weighted by Gasteiger charge is 2.13. The van der Waals surface area contributed by atoms with Crippen molar-refractivity contribution >= 4 is 49.1 Å². The van der Waals surface area contributed by atoms with Crippen molar-refractivity contribution < 1.29 is 13.6 Å². The molecule has 0 aromatic heterocycles. The summed E-state index contributed by atoms with van der Waals surface area (Å²) < 4.78 is 27.6. The van der Waals surface area contributed by atoms with Gasteiger partial charge in [0.25, 0.3) is 5.91 Å². The van der Waals surface area contributed by atoms with Gasteiger partial charge < -0.3 is 11.1 Å². The molecule has 0 bridgehead atoms. The van der Waals surface area contributed by atoms with E-state index in [1.54, 1.807) is 6.07 Å². The number of hydrogen-bond acceptors (Lipinski definition) is 2. The Morgan fingerprint density at radius 3 is 2.40 bits per heavy atom. The molecule has 0 saturated carbocycles. The first-order valence-electron chi connectivity index (χ1n) is 5.39. The van der Waals surface area contributed by atoms with E-state index in [1.807, 2.05) is 0 Å². The molecule has 0 aliphatic rings. The number of hydrogen-bond donors (Lipinski definition) is 2. The molecule has 0 atom stereocenters. The van der Waals surface area contributed by atoms with Gasteiger partial charge in [0.15, 0.2) is 0 Å². The molecular weight excluding hydrogens is 398 g/mol. The van der Waals surface area contributed by atoms with Crippen LogP contribution >= 0.6 is 31.9 Å². The largest absolute Gasteiger partial charge is 0.399 e. The van der Waals surface area contributed by atoms with Crippen molar-refractivity contribution in [3.8, 4) is 0 Å². The Bertz CT molecular complexity index is 672. The first-order valence-corrected chi connectivity index (χ1v) is 6.97. The average molecular weight is 406 g/mol. The van der Waals surface area contributed by atoms with Crippen molar-refractivity contribution in [2.45, 2.75) is 0 Å². The van der Waals surface area contributed by atoms with Crippen LogP contribution < -0.4 is 11.1 Å². The van der Waals surface area contributed by atoms with Crippen molar-refractivity contribution in [2.75, 3.05) is 11.1 Å². The Labute approximate surface area is 130 Å². The molecule has 7 heteroatoms. The van der Waals surface area contributed by atoms with E-state index < -0.39 is 17.5 Å². The minimum absolute atomic E-state index is 0.0142. The van der Waals surface area contributed by atoms with Crippen LogP contribution in [0.4, 0.5) is 20.2 Å². The lowest BCUT2D eigenvalue weighted by Gasteiger charge is -2.08. The number of anilines is 2. The van der Waals surface area contributed by atoms with E-state index in [0.717, 1.165) is 12.1 Å². The highest BCUT2D eigenvalue weighted by atomic mass is 79.9.